The first kappa shape index (κ1) is 13.5. The number of hydrogen-bond donors (Lipinski definition) is 1. The van der Waals surface area contributed by atoms with Gasteiger partial charge in [0.2, 0.25) is 5.88 Å². The maximum Gasteiger partial charge on any atom is 0.222 e. The van der Waals surface area contributed by atoms with Gasteiger partial charge in [0.05, 0.1) is 7.11 Å². The van der Waals surface area contributed by atoms with E-state index in [4.69, 9.17) is 15.0 Å². The summed E-state index contributed by atoms with van der Waals surface area (Å²) in [6.07, 6.45) is 1.06. The lowest BCUT2D eigenvalue weighted by Crippen LogP contribution is -2.15. The Morgan fingerprint density at radius 3 is 2.58 bits per heavy atom. The van der Waals surface area contributed by atoms with Gasteiger partial charge >= 0.3 is 0 Å². The number of ether oxygens (including phenoxy) is 1. The summed E-state index contributed by atoms with van der Waals surface area (Å²) < 4.78 is 10.3. The number of anilines is 1. The molecule has 0 aliphatic carbocycles. The zero-order chi connectivity index (χ0) is 14.0. The van der Waals surface area contributed by atoms with Gasteiger partial charge in [0, 0.05) is 11.6 Å². The summed E-state index contributed by atoms with van der Waals surface area (Å²) in [6, 6.07) is 7.86. The van der Waals surface area contributed by atoms with E-state index in [2.05, 4.69) is 38.1 Å². The summed E-state index contributed by atoms with van der Waals surface area (Å²) in [7, 11) is 1.65. The third kappa shape index (κ3) is 2.57. The fourth-order valence-electron chi connectivity index (χ4n) is 1.95. The Morgan fingerprint density at radius 1 is 1.32 bits per heavy atom. The van der Waals surface area contributed by atoms with Crippen LogP contribution in [0.4, 0.5) is 5.88 Å². The second-order valence-electron chi connectivity index (χ2n) is 5.27. The van der Waals surface area contributed by atoms with Gasteiger partial charge in [-0.15, -0.1) is 0 Å². The largest absolute Gasteiger partial charge is 0.496 e. The van der Waals surface area contributed by atoms with E-state index in [0.29, 0.717) is 11.6 Å². The lowest BCUT2D eigenvalue weighted by atomic mass is 9.81. The van der Waals surface area contributed by atoms with Crippen LogP contribution in [0.15, 0.2) is 28.8 Å². The second kappa shape index (κ2) is 4.96. The van der Waals surface area contributed by atoms with Gasteiger partial charge in [-0.25, -0.2) is 0 Å². The Morgan fingerprint density at radius 2 is 2.05 bits per heavy atom. The molecule has 0 saturated heterocycles. The van der Waals surface area contributed by atoms with Crippen molar-refractivity contribution in [2.24, 2.45) is 0 Å². The highest BCUT2D eigenvalue weighted by Crippen LogP contribution is 2.35. The highest BCUT2D eigenvalue weighted by atomic mass is 16.5. The fraction of sp³-hybridized carbons (Fsp3) is 0.400. The summed E-state index contributed by atoms with van der Waals surface area (Å²) in [5, 5.41) is 3.96. The van der Waals surface area contributed by atoms with Crippen LogP contribution in [0, 0.1) is 0 Å². The molecule has 0 fully saturated rings. The zero-order valence-electron chi connectivity index (χ0n) is 11.9. The third-order valence-electron chi connectivity index (χ3n) is 3.67. The van der Waals surface area contributed by atoms with E-state index >= 15 is 0 Å². The summed E-state index contributed by atoms with van der Waals surface area (Å²) in [5.74, 6) is 1.07. The number of nitrogen functional groups attached to an aromatic ring is 1. The van der Waals surface area contributed by atoms with Gasteiger partial charge in [-0.2, -0.15) is 0 Å². The Balaban J connectivity index is 2.54. The Bertz CT molecular complexity index is 573. The minimum atomic E-state index is 0.107. The first-order valence-electron chi connectivity index (χ1n) is 6.39. The summed E-state index contributed by atoms with van der Waals surface area (Å²) in [5.41, 5.74) is 8.54. The molecule has 1 aromatic carbocycles. The van der Waals surface area contributed by atoms with Crippen LogP contribution in [0.2, 0.25) is 0 Å². The molecule has 4 heteroatoms. The molecule has 0 radical (unpaired) electrons. The van der Waals surface area contributed by atoms with Crippen LogP contribution in [0.5, 0.6) is 5.75 Å². The summed E-state index contributed by atoms with van der Waals surface area (Å²) >= 11 is 0. The molecular formula is C15H20N2O2. The molecule has 102 valence electrons. The molecule has 0 amide bonds. The molecule has 2 aromatic rings. The van der Waals surface area contributed by atoms with Crippen molar-refractivity contribution in [1.82, 2.24) is 5.16 Å². The van der Waals surface area contributed by atoms with Crippen LogP contribution in [-0.4, -0.2) is 12.3 Å². The second-order valence-corrected chi connectivity index (χ2v) is 5.27. The van der Waals surface area contributed by atoms with Crippen LogP contribution >= 0.6 is 0 Å². The molecule has 1 heterocycles. The van der Waals surface area contributed by atoms with E-state index < -0.39 is 0 Å². The van der Waals surface area contributed by atoms with Crippen LogP contribution in [-0.2, 0) is 5.41 Å². The van der Waals surface area contributed by atoms with E-state index in [1.807, 2.05) is 6.07 Å². The average Bonchev–Trinajstić information content (AvgIpc) is 2.84. The van der Waals surface area contributed by atoms with E-state index in [9.17, 15) is 0 Å². The monoisotopic (exact) mass is 260 g/mol. The molecule has 19 heavy (non-hydrogen) atoms. The first-order valence-corrected chi connectivity index (χ1v) is 6.39. The topological polar surface area (TPSA) is 61.3 Å². The maximum atomic E-state index is 5.59. The SMILES string of the molecule is CCC(C)(C)c1ccc(OC)c(-c2cc(N)on2)c1. The number of benzene rings is 1. The van der Waals surface area contributed by atoms with E-state index in [1.54, 1.807) is 13.2 Å². The summed E-state index contributed by atoms with van der Waals surface area (Å²) in [4.78, 5) is 0. The molecule has 0 atom stereocenters. The van der Waals surface area contributed by atoms with Crippen LogP contribution in [0.1, 0.15) is 32.8 Å². The number of hydrogen-bond acceptors (Lipinski definition) is 4. The van der Waals surface area contributed by atoms with Gasteiger partial charge in [0.15, 0.2) is 0 Å². The van der Waals surface area contributed by atoms with Crippen LogP contribution in [0.25, 0.3) is 11.3 Å². The number of aromatic nitrogens is 1. The molecule has 1 aromatic heterocycles. The molecule has 2 N–H and O–H groups in total. The lowest BCUT2D eigenvalue weighted by Gasteiger charge is -2.24. The van der Waals surface area contributed by atoms with Crippen LogP contribution in [0.3, 0.4) is 0 Å². The van der Waals surface area contributed by atoms with Crippen molar-refractivity contribution in [2.75, 3.05) is 12.8 Å². The number of rotatable bonds is 4. The smallest absolute Gasteiger partial charge is 0.222 e. The molecule has 4 nitrogen and oxygen atoms in total. The first-order chi connectivity index (χ1) is 8.97. The Hall–Kier alpha value is -1.97. The number of methoxy groups -OCH3 is 1. The molecular weight excluding hydrogens is 240 g/mol. The summed E-state index contributed by atoms with van der Waals surface area (Å²) in [6.45, 7) is 6.61. The molecule has 0 aliphatic heterocycles. The van der Waals surface area contributed by atoms with Crippen molar-refractivity contribution in [3.05, 3.63) is 29.8 Å². The van der Waals surface area contributed by atoms with Crippen molar-refractivity contribution >= 4 is 5.88 Å². The van der Waals surface area contributed by atoms with Crippen molar-refractivity contribution in [2.45, 2.75) is 32.6 Å². The van der Waals surface area contributed by atoms with Crippen molar-refractivity contribution in [3.8, 4) is 17.0 Å². The quantitative estimate of drug-likeness (QED) is 0.912. The van der Waals surface area contributed by atoms with E-state index in [0.717, 1.165) is 17.7 Å². The van der Waals surface area contributed by atoms with Crippen molar-refractivity contribution in [1.29, 1.82) is 0 Å². The van der Waals surface area contributed by atoms with Gasteiger partial charge in [0.1, 0.15) is 11.4 Å². The lowest BCUT2D eigenvalue weighted by molar-refractivity contribution is 0.413. The number of nitrogens with two attached hydrogens (primary N) is 1. The Labute approximate surface area is 113 Å². The van der Waals surface area contributed by atoms with Crippen LogP contribution < -0.4 is 10.5 Å². The predicted molar refractivity (Wildman–Crippen MR) is 76.2 cm³/mol. The maximum absolute atomic E-state index is 5.59. The van der Waals surface area contributed by atoms with Gasteiger partial charge in [-0.05, 0) is 29.5 Å². The highest BCUT2D eigenvalue weighted by molar-refractivity contribution is 5.69. The fourth-order valence-corrected chi connectivity index (χ4v) is 1.95. The Kier molecular flexibility index (Phi) is 3.51. The highest BCUT2D eigenvalue weighted by Gasteiger charge is 2.21. The van der Waals surface area contributed by atoms with Gasteiger partial charge in [-0.3, -0.25) is 0 Å². The molecule has 2 rings (SSSR count). The van der Waals surface area contributed by atoms with Crippen molar-refractivity contribution < 1.29 is 9.26 Å². The molecule has 0 unspecified atom stereocenters. The minimum absolute atomic E-state index is 0.107. The van der Waals surface area contributed by atoms with E-state index in [-0.39, 0.29) is 5.41 Å². The average molecular weight is 260 g/mol. The van der Waals surface area contributed by atoms with Gasteiger partial charge in [0.25, 0.3) is 0 Å². The molecule has 0 spiro atoms. The van der Waals surface area contributed by atoms with E-state index in [1.165, 1.54) is 5.56 Å². The normalized spacial score (nSPS) is 11.6. The minimum Gasteiger partial charge on any atom is -0.496 e. The van der Waals surface area contributed by atoms with Crippen molar-refractivity contribution in [3.63, 3.8) is 0 Å². The number of nitrogens with zero attached hydrogens (tertiary/aromatic N) is 1. The molecule has 0 saturated carbocycles. The zero-order valence-corrected chi connectivity index (χ0v) is 11.9. The van der Waals surface area contributed by atoms with Gasteiger partial charge in [-0.1, -0.05) is 32.0 Å². The molecule has 0 bridgehead atoms. The standard InChI is InChI=1S/C15H20N2O2/c1-5-15(2,3)10-6-7-13(18-4)11(8-10)12-9-14(16)19-17-12/h6-9H,5,16H2,1-4H3. The molecule has 0 aliphatic rings. The third-order valence-corrected chi connectivity index (χ3v) is 3.67. The predicted octanol–water partition coefficient (Wildman–Crippen LogP) is 3.62. The van der Waals surface area contributed by atoms with Gasteiger partial charge < -0.3 is 15.0 Å².